The van der Waals surface area contributed by atoms with Crippen LogP contribution in [0.3, 0.4) is 0 Å². The van der Waals surface area contributed by atoms with Crippen LogP contribution in [0, 0.1) is 13.8 Å². The Balaban J connectivity index is 2.09. The van der Waals surface area contributed by atoms with Crippen LogP contribution in [0.25, 0.3) is 0 Å². The fourth-order valence-corrected chi connectivity index (χ4v) is 3.93. The summed E-state index contributed by atoms with van der Waals surface area (Å²) in [4.78, 5) is 0.166. The summed E-state index contributed by atoms with van der Waals surface area (Å²) in [5.41, 5.74) is 2.39. The average Bonchev–Trinajstić information content (AvgIpc) is 2.37. The van der Waals surface area contributed by atoms with E-state index in [1.165, 1.54) is 5.56 Å². The zero-order chi connectivity index (χ0) is 15.5. The predicted octanol–water partition coefficient (Wildman–Crippen LogP) is 3.85. The molecule has 2 aromatic carbocycles. The van der Waals surface area contributed by atoms with Gasteiger partial charge in [0.25, 0.3) is 9.05 Å². The minimum atomic E-state index is -3.73. The summed E-state index contributed by atoms with van der Waals surface area (Å²) in [6.07, 6.45) is 0.800. The van der Waals surface area contributed by atoms with Gasteiger partial charge in [0.1, 0.15) is 5.75 Å². The highest BCUT2D eigenvalue weighted by atomic mass is 35.7. The van der Waals surface area contributed by atoms with Crippen LogP contribution in [0.4, 0.5) is 0 Å². The maximum atomic E-state index is 11.5. The van der Waals surface area contributed by atoms with Gasteiger partial charge in [0, 0.05) is 17.1 Å². The SMILES string of the molecule is Cc1cc(OCCc2ccccc2)cc(C)c1S(=O)(=O)Cl. The molecule has 3 nitrogen and oxygen atoms in total. The highest BCUT2D eigenvalue weighted by Crippen LogP contribution is 2.28. The first kappa shape index (κ1) is 15.9. The lowest BCUT2D eigenvalue weighted by Gasteiger charge is -2.11. The molecule has 0 aliphatic rings. The van der Waals surface area contributed by atoms with Gasteiger partial charge in [-0.2, -0.15) is 0 Å². The van der Waals surface area contributed by atoms with Gasteiger partial charge in [0.15, 0.2) is 0 Å². The van der Waals surface area contributed by atoms with Crippen molar-refractivity contribution in [2.75, 3.05) is 6.61 Å². The van der Waals surface area contributed by atoms with E-state index in [0.29, 0.717) is 23.5 Å². The van der Waals surface area contributed by atoms with Gasteiger partial charge < -0.3 is 4.74 Å². The van der Waals surface area contributed by atoms with Crippen molar-refractivity contribution in [1.29, 1.82) is 0 Å². The molecule has 0 spiro atoms. The minimum Gasteiger partial charge on any atom is -0.493 e. The molecule has 0 aliphatic heterocycles. The van der Waals surface area contributed by atoms with Crippen LogP contribution in [0.2, 0.25) is 0 Å². The van der Waals surface area contributed by atoms with Crippen molar-refractivity contribution in [3.63, 3.8) is 0 Å². The molecule has 0 aromatic heterocycles. The number of aryl methyl sites for hydroxylation is 2. The molecule has 0 heterocycles. The predicted molar refractivity (Wildman–Crippen MR) is 84.6 cm³/mol. The van der Waals surface area contributed by atoms with Crippen molar-refractivity contribution in [2.45, 2.75) is 25.2 Å². The molecular weight excluding hydrogens is 308 g/mol. The Morgan fingerprint density at radius 2 is 1.62 bits per heavy atom. The Labute approximate surface area is 129 Å². The first-order valence-electron chi connectivity index (χ1n) is 6.60. The van der Waals surface area contributed by atoms with Gasteiger partial charge in [-0.25, -0.2) is 8.42 Å². The third kappa shape index (κ3) is 4.22. The molecule has 0 radical (unpaired) electrons. The second kappa shape index (κ2) is 6.50. The van der Waals surface area contributed by atoms with E-state index < -0.39 is 9.05 Å². The molecule has 0 unspecified atom stereocenters. The quantitative estimate of drug-likeness (QED) is 0.784. The number of hydrogen-bond donors (Lipinski definition) is 0. The van der Waals surface area contributed by atoms with Crippen LogP contribution in [-0.2, 0) is 15.5 Å². The largest absolute Gasteiger partial charge is 0.493 e. The number of halogens is 1. The van der Waals surface area contributed by atoms with Crippen LogP contribution in [0.15, 0.2) is 47.4 Å². The summed E-state index contributed by atoms with van der Waals surface area (Å²) < 4.78 is 28.7. The second-order valence-electron chi connectivity index (χ2n) is 4.91. The normalized spacial score (nSPS) is 11.4. The van der Waals surface area contributed by atoms with Crippen molar-refractivity contribution in [2.24, 2.45) is 0 Å². The van der Waals surface area contributed by atoms with Crippen LogP contribution in [0.5, 0.6) is 5.75 Å². The van der Waals surface area contributed by atoms with Gasteiger partial charge in [-0.15, -0.1) is 0 Å². The molecule has 112 valence electrons. The summed E-state index contributed by atoms with van der Waals surface area (Å²) in [5, 5.41) is 0. The Bertz CT molecular complexity index is 701. The van der Waals surface area contributed by atoms with E-state index in [2.05, 4.69) is 0 Å². The van der Waals surface area contributed by atoms with Crippen molar-refractivity contribution < 1.29 is 13.2 Å². The van der Waals surface area contributed by atoms with Crippen molar-refractivity contribution in [3.05, 3.63) is 59.2 Å². The first-order valence-corrected chi connectivity index (χ1v) is 8.91. The van der Waals surface area contributed by atoms with Crippen molar-refractivity contribution in [3.8, 4) is 5.75 Å². The lowest BCUT2D eigenvalue weighted by atomic mass is 10.1. The number of ether oxygens (including phenoxy) is 1. The molecule has 0 saturated heterocycles. The van der Waals surface area contributed by atoms with Gasteiger partial charge in [-0.05, 0) is 42.7 Å². The summed E-state index contributed by atoms with van der Waals surface area (Å²) in [7, 11) is 1.71. The Morgan fingerprint density at radius 1 is 1.05 bits per heavy atom. The Kier molecular flexibility index (Phi) is 4.91. The van der Waals surface area contributed by atoms with Gasteiger partial charge in [-0.1, -0.05) is 30.3 Å². The fraction of sp³-hybridized carbons (Fsp3) is 0.250. The molecule has 0 aliphatic carbocycles. The van der Waals surface area contributed by atoms with E-state index in [-0.39, 0.29) is 4.90 Å². The molecule has 0 amide bonds. The Hall–Kier alpha value is -1.52. The molecular formula is C16H17ClO3S. The van der Waals surface area contributed by atoms with Crippen molar-refractivity contribution in [1.82, 2.24) is 0 Å². The Morgan fingerprint density at radius 3 is 2.14 bits per heavy atom. The monoisotopic (exact) mass is 324 g/mol. The van der Waals surface area contributed by atoms with Gasteiger partial charge in [0.2, 0.25) is 0 Å². The van der Waals surface area contributed by atoms with E-state index in [1.54, 1.807) is 26.0 Å². The number of benzene rings is 2. The summed E-state index contributed by atoms with van der Waals surface area (Å²) in [6.45, 7) is 3.97. The lowest BCUT2D eigenvalue weighted by molar-refractivity contribution is 0.321. The topological polar surface area (TPSA) is 43.4 Å². The standard InChI is InChI=1S/C16H17ClO3S/c1-12-10-15(11-13(2)16(12)21(17,18)19)20-9-8-14-6-4-3-5-7-14/h3-7,10-11H,8-9H2,1-2H3. The van der Waals surface area contributed by atoms with E-state index in [4.69, 9.17) is 15.4 Å². The minimum absolute atomic E-state index is 0.166. The molecule has 21 heavy (non-hydrogen) atoms. The highest BCUT2D eigenvalue weighted by Gasteiger charge is 2.17. The van der Waals surface area contributed by atoms with E-state index >= 15 is 0 Å². The van der Waals surface area contributed by atoms with Crippen LogP contribution < -0.4 is 4.74 Å². The van der Waals surface area contributed by atoms with E-state index in [9.17, 15) is 8.42 Å². The highest BCUT2D eigenvalue weighted by molar-refractivity contribution is 8.13. The fourth-order valence-electron chi connectivity index (χ4n) is 2.31. The van der Waals surface area contributed by atoms with Gasteiger partial charge in [0.05, 0.1) is 11.5 Å². The lowest BCUT2D eigenvalue weighted by Crippen LogP contribution is -2.04. The summed E-state index contributed by atoms with van der Waals surface area (Å²) in [5.74, 6) is 0.657. The number of hydrogen-bond acceptors (Lipinski definition) is 3. The second-order valence-corrected chi connectivity index (χ2v) is 7.41. The smallest absolute Gasteiger partial charge is 0.261 e. The van der Waals surface area contributed by atoms with Gasteiger partial charge in [-0.3, -0.25) is 0 Å². The molecule has 2 aromatic rings. The zero-order valence-electron chi connectivity index (χ0n) is 12.0. The van der Waals surface area contributed by atoms with E-state index in [1.807, 2.05) is 30.3 Å². The van der Waals surface area contributed by atoms with Crippen LogP contribution in [-0.4, -0.2) is 15.0 Å². The average molecular weight is 325 g/mol. The molecule has 0 fully saturated rings. The summed E-state index contributed by atoms with van der Waals surface area (Å²) in [6, 6.07) is 13.4. The van der Waals surface area contributed by atoms with Gasteiger partial charge >= 0.3 is 0 Å². The molecule has 5 heteroatoms. The molecule has 0 saturated carbocycles. The molecule has 0 atom stereocenters. The van der Waals surface area contributed by atoms with E-state index in [0.717, 1.165) is 6.42 Å². The van der Waals surface area contributed by atoms with Crippen LogP contribution >= 0.6 is 10.7 Å². The third-order valence-electron chi connectivity index (χ3n) is 3.18. The molecule has 0 N–H and O–H groups in total. The zero-order valence-corrected chi connectivity index (χ0v) is 13.5. The maximum absolute atomic E-state index is 11.5. The number of rotatable bonds is 5. The van der Waals surface area contributed by atoms with Crippen molar-refractivity contribution >= 4 is 19.7 Å². The third-order valence-corrected chi connectivity index (χ3v) is 4.77. The molecule has 2 rings (SSSR count). The summed E-state index contributed by atoms with van der Waals surface area (Å²) >= 11 is 0. The first-order chi connectivity index (χ1) is 9.88. The maximum Gasteiger partial charge on any atom is 0.261 e. The van der Waals surface area contributed by atoms with Crippen LogP contribution in [0.1, 0.15) is 16.7 Å². The molecule has 0 bridgehead atoms.